The molecule has 1 aromatic carbocycles. The Balaban J connectivity index is 1.77. The lowest BCUT2D eigenvalue weighted by Gasteiger charge is -2.36. The van der Waals surface area contributed by atoms with Crippen molar-refractivity contribution in [2.75, 3.05) is 65.2 Å². The minimum absolute atomic E-state index is 0.597. The smallest absolute Gasteiger partial charge is 0.0112 e. The summed E-state index contributed by atoms with van der Waals surface area (Å²) in [5.74, 6) is 0.597. The van der Waals surface area contributed by atoms with Crippen LogP contribution in [0.15, 0.2) is 30.3 Å². The van der Waals surface area contributed by atoms with Crippen LogP contribution in [0, 0.1) is 0 Å². The van der Waals surface area contributed by atoms with Gasteiger partial charge in [0.1, 0.15) is 0 Å². The molecule has 1 saturated heterocycles. The van der Waals surface area contributed by atoms with E-state index in [0.29, 0.717) is 5.92 Å². The molecule has 1 unspecified atom stereocenters. The van der Waals surface area contributed by atoms with Crippen LogP contribution in [0.3, 0.4) is 0 Å². The average molecular weight is 354 g/mol. The fraction of sp³-hybridized carbons (Fsp3) is 0.647. The van der Waals surface area contributed by atoms with Crippen molar-refractivity contribution in [3.05, 3.63) is 35.9 Å². The van der Waals surface area contributed by atoms with E-state index in [2.05, 4.69) is 75.1 Å². The minimum atomic E-state index is 0.597. The molecule has 0 spiro atoms. The Morgan fingerprint density at radius 2 is 1.67 bits per heavy atom. The summed E-state index contributed by atoms with van der Waals surface area (Å²) >= 11 is 3.69. The molecule has 1 aliphatic heterocycles. The third-order valence-corrected chi connectivity index (χ3v) is 5.05. The quantitative estimate of drug-likeness (QED) is 0.696. The van der Waals surface area contributed by atoms with Gasteiger partial charge in [-0.1, -0.05) is 46.3 Å². The first-order valence-electron chi connectivity index (χ1n) is 7.89. The molecule has 0 amide bonds. The van der Waals surface area contributed by atoms with E-state index < -0.39 is 0 Å². The van der Waals surface area contributed by atoms with Gasteiger partial charge in [-0.05, 0) is 19.7 Å². The van der Waals surface area contributed by atoms with Crippen molar-refractivity contribution in [1.29, 1.82) is 0 Å². The Morgan fingerprint density at radius 3 is 2.24 bits per heavy atom. The van der Waals surface area contributed by atoms with Crippen LogP contribution in [0.25, 0.3) is 0 Å². The third-order valence-electron chi connectivity index (χ3n) is 4.26. The molecule has 3 nitrogen and oxygen atoms in total. The maximum Gasteiger partial charge on any atom is 0.0112 e. The maximum atomic E-state index is 3.69. The summed E-state index contributed by atoms with van der Waals surface area (Å²) in [6.07, 6.45) is 0. The van der Waals surface area contributed by atoms with E-state index >= 15 is 0 Å². The van der Waals surface area contributed by atoms with Crippen LogP contribution < -0.4 is 0 Å². The largest absolute Gasteiger partial charge is 0.308 e. The highest BCUT2D eigenvalue weighted by molar-refractivity contribution is 9.09. The van der Waals surface area contributed by atoms with Gasteiger partial charge in [-0.25, -0.2) is 0 Å². The van der Waals surface area contributed by atoms with Gasteiger partial charge in [0.05, 0.1) is 0 Å². The molecule has 118 valence electrons. The van der Waals surface area contributed by atoms with Gasteiger partial charge < -0.3 is 9.80 Å². The van der Waals surface area contributed by atoms with Crippen LogP contribution in [0.4, 0.5) is 0 Å². The van der Waals surface area contributed by atoms with Crippen LogP contribution in [-0.2, 0) is 0 Å². The molecule has 1 aromatic rings. The summed E-state index contributed by atoms with van der Waals surface area (Å²) in [4.78, 5) is 7.47. The zero-order valence-electron chi connectivity index (χ0n) is 13.3. The molecular formula is C17H28BrN3. The van der Waals surface area contributed by atoms with Crippen molar-refractivity contribution in [2.45, 2.75) is 5.92 Å². The number of hydrogen-bond donors (Lipinski definition) is 0. The zero-order chi connectivity index (χ0) is 15.1. The van der Waals surface area contributed by atoms with E-state index in [9.17, 15) is 0 Å². The van der Waals surface area contributed by atoms with Gasteiger partial charge in [0.15, 0.2) is 0 Å². The zero-order valence-corrected chi connectivity index (χ0v) is 14.9. The van der Waals surface area contributed by atoms with Gasteiger partial charge in [0, 0.05) is 57.1 Å². The van der Waals surface area contributed by atoms with Crippen LogP contribution in [0.5, 0.6) is 0 Å². The Kier molecular flexibility index (Phi) is 7.17. The molecule has 4 heteroatoms. The monoisotopic (exact) mass is 353 g/mol. The number of rotatable bonds is 7. The average Bonchev–Trinajstić information content (AvgIpc) is 2.52. The molecule has 0 bridgehead atoms. The molecule has 0 saturated carbocycles. The van der Waals surface area contributed by atoms with Gasteiger partial charge in [-0.3, -0.25) is 4.90 Å². The molecule has 1 atom stereocenters. The van der Waals surface area contributed by atoms with Gasteiger partial charge >= 0.3 is 0 Å². The molecule has 2 rings (SSSR count). The summed E-state index contributed by atoms with van der Waals surface area (Å²) in [6, 6.07) is 10.9. The predicted molar refractivity (Wildman–Crippen MR) is 94.4 cm³/mol. The Morgan fingerprint density at radius 1 is 1.05 bits per heavy atom. The topological polar surface area (TPSA) is 9.72 Å². The molecule has 0 aromatic heterocycles. The first-order valence-corrected chi connectivity index (χ1v) is 9.01. The van der Waals surface area contributed by atoms with E-state index in [1.807, 2.05) is 0 Å². The molecule has 1 aliphatic rings. The number of hydrogen-bond acceptors (Lipinski definition) is 3. The first kappa shape index (κ1) is 16.9. The second kappa shape index (κ2) is 8.89. The van der Waals surface area contributed by atoms with Gasteiger partial charge in [-0.15, -0.1) is 0 Å². The van der Waals surface area contributed by atoms with E-state index in [1.54, 1.807) is 0 Å². The van der Waals surface area contributed by atoms with Gasteiger partial charge in [-0.2, -0.15) is 0 Å². The van der Waals surface area contributed by atoms with Crippen LogP contribution in [-0.4, -0.2) is 79.9 Å². The molecule has 1 fully saturated rings. The molecule has 0 N–H and O–H groups in total. The van der Waals surface area contributed by atoms with Crippen LogP contribution in [0.1, 0.15) is 11.5 Å². The number of nitrogens with zero attached hydrogens (tertiary/aromatic N) is 3. The third kappa shape index (κ3) is 5.70. The van der Waals surface area contributed by atoms with Gasteiger partial charge in [0.25, 0.3) is 0 Å². The summed E-state index contributed by atoms with van der Waals surface area (Å²) in [7, 11) is 4.30. The number of likely N-dealkylation sites (N-methyl/N-ethyl adjacent to an activating group) is 1. The van der Waals surface area contributed by atoms with Crippen molar-refractivity contribution in [3.63, 3.8) is 0 Å². The first-order chi connectivity index (χ1) is 10.2. The number of halogens is 1. The number of piperazine rings is 1. The fourth-order valence-corrected chi connectivity index (χ4v) is 3.40. The highest BCUT2D eigenvalue weighted by Gasteiger charge is 2.20. The van der Waals surface area contributed by atoms with E-state index in [0.717, 1.165) is 18.4 Å². The lowest BCUT2D eigenvalue weighted by atomic mass is 10.0. The Bertz CT molecular complexity index is 388. The summed E-state index contributed by atoms with van der Waals surface area (Å²) in [5.41, 5.74) is 1.45. The highest BCUT2D eigenvalue weighted by atomic mass is 79.9. The lowest BCUT2D eigenvalue weighted by Crippen LogP contribution is -2.49. The lowest BCUT2D eigenvalue weighted by molar-refractivity contribution is 0.122. The highest BCUT2D eigenvalue weighted by Crippen LogP contribution is 2.20. The van der Waals surface area contributed by atoms with E-state index in [1.165, 1.54) is 38.3 Å². The molecule has 21 heavy (non-hydrogen) atoms. The molecule has 1 heterocycles. The fourth-order valence-electron chi connectivity index (χ4n) is 2.82. The Hall–Kier alpha value is -0.420. The molecule has 0 aliphatic carbocycles. The van der Waals surface area contributed by atoms with E-state index in [-0.39, 0.29) is 0 Å². The van der Waals surface area contributed by atoms with Gasteiger partial charge in [0.2, 0.25) is 0 Å². The Labute approximate surface area is 138 Å². The summed E-state index contributed by atoms with van der Waals surface area (Å²) in [6.45, 7) is 8.33. The molecular weight excluding hydrogens is 326 g/mol. The molecule has 0 radical (unpaired) electrons. The SMILES string of the molecule is CN(C)CCN1CCN(CC(CBr)c2ccccc2)CC1. The maximum absolute atomic E-state index is 3.69. The van der Waals surface area contributed by atoms with Crippen molar-refractivity contribution >= 4 is 15.9 Å². The summed E-state index contributed by atoms with van der Waals surface area (Å²) < 4.78 is 0. The number of alkyl halides is 1. The van der Waals surface area contributed by atoms with Crippen LogP contribution in [0.2, 0.25) is 0 Å². The second-order valence-corrected chi connectivity index (χ2v) is 6.85. The van der Waals surface area contributed by atoms with Crippen molar-refractivity contribution < 1.29 is 0 Å². The summed E-state index contributed by atoms with van der Waals surface area (Å²) in [5, 5.41) is 1.04. The van der Waals surface area contributed by atoms with Crippen molar-refractivity contribution in [2.24, 2.45) is 0 Å². The van der Waals surface area contributed by atoms with Crippen molar-refractivity contribution in [1.82, 2.24) is 14.7 Å². The van der Waals surface area contributed by atoms with Crippen molar-refractivity contribution in [3.8, 4) is 0 Å². The second-order valence-electron chi connectivity index (χ2n) is 6.21. The minimum Gasteiger partial charge on any atom is -0.308 e. The standard InChI is InChI=1S/C17H28BrN3/c1-19(2)8-9-20-10-12-21(13-11-20)15-17(14-18)16-6-4-3-5-7-16/h3-7,17H,8-15H2,1-2H3. The predicted octanol–water partition coefficient (Wildman–Crippen LogP) is 2.34. The van der Waals surface area contributed by atoms with Crippen LogP contribution >= 0.6 is 15.9 Å². The van der Waals surface area contributed by atoms with E-state index in [4.69, 9.17) is 0 Å². The number of benzene rings is 1. The normalized spacial score (nSPS) is 19.0.